The Morgan fingerprint density at radius 2 is 1.89 bits per heavy atom. The van der Waals surface area contributed by atoms with Gasteiger partial charge in [-0.15, -0.1) is 11.3 Å². The summed E-state index contributed by atoms with van der Waals surface area (Å²) in [4.78, 5) is 24.4. The van der Waals surface area contributed by atoms with Crippen LogP contribution in [0.2, 0.25) is 0 Å². The largest absolute Gasteiger partial charge is 0.431 e. The highest BCUT2D eigenvalue weighted by Gasteiger charge is 2.21. The van der Waals surface area contributed by atoms with Crippen molar-refractivity contribution in [3.05, 3.63) is 50.6 Å². The van der Waals surface area contributed by atoms with Crippen LogP contribution in [0, 0.1) is 24.0 Å². The topological polar surface area (TPSA) is 81.4 Å². The summed E-state index contributed by atoms with van der Waals surface area (Å²) in [5.41, 5.74) is 0.956. The molecule has 0 fully saturated rings. The predicted octanol–water partition coefficient (Wildman–Crippen LogP) is 4.85. The van der Waals surface area contributed by atoms with Crippen LogP contribution in [-0.2, 0) is 6.54 Å². The number of ether oxygens (including phenoxy) is 1. The van der Waals surface area contributed by atoms with Gasteiger partial charge in [0.05, 0.1) is 16.9 Å². The monoisotopic (exact) mass is 386 g/mol. The fraction of sp³-hybridized carbons (Fsp3) is 0.368. The van der Waals surface area contributed by atoms with E-state index in [1.807, 2.05) is 13.8 Å². The summed E-state index contributed by atoms with van der Waals surface area (Å²) in [6.45, 7) is 10.6. The van der Waals surface area contributed by atoms with Crippen LogP contribution in [0.4, 0.5) is 5.69 Å². The van der Waals surface area contributed by atoms with Crippen LogP contribution in [0.15, 0.2) is 24.3 Å². The minimum absolute atomic E-state index is 0.0841. The fourth-order valence-corrected chi connectivity index (χ4v) is 3.88. The maximum Gasteiger partial charge on any atom is 0.311 e. The van der Waals surface area contributed by atoms with Crippen molar-refractivity contribution in [3.8, 4) is 11.6 Å². The molecular weight excluding hydrogens is 364 g/mol. The normalized spacial score (nSPS) is 11.3. The molecule has 0 saturated carbocycles. The van der Waals surface area contributed by atoms with Crippen LogP contribution in [0.3, 0.4) is 0 Å². The van der Waals surface area contributed by atoms with E-state index in [2.05, 4.69) is 23.7 Å². The number of thiophene rings is 1. The molecule has 0 N–H and O–H groups in total. The summed E-state index contributed by atoms with van der Waals surface area (Å²) in [5.74, 6) is 1.21. The number of nitro benzene ring substituents is 1. The molecule has 0 saturated heterocycles. The van der Waals surface area contributed by atoms with Gasteiger partial charge in [0.2, 0.25) is 11.6 Å². The highest BCUT2D eigenvalue weighted by Crippen LogP contribution is 2.38. The first-order chi connectivity index (χ1) is 12.9. The Balaban J connectivity index is 2.11. The Morgan fingerprint density at radius 3 is 2.56 bits per heavy atom. The molecule has 0 aliphatic heterocycles. The number of hydrogen-bond donors (Lipinski definition) is 0. The second-order valence-electron chi connectivity index (χ2n) is 6.20. The second kappa shape index (κ2) is 7.98. The van der Waals surface area contributed by atoms with E-state index >= 15 is 0 Å². The molecule has 7 nitrogen and oxygen atoms in total. The SMILES string of the molecule is CCN(CC)Cc1nc(Oc2ccccc2[N+](=O)[O-])c2c(C)c(C)sc2n1. The molecule has 142 valence electrons. The minimum atomic E-state index is -0.448. The molecule has 0 radical (unpaired) electrons. The van der Waals surface area contributed by atoms with Crippen LogP contribution in [0.5, 0.6) is 11.6 Å². The molecule has 1 aromatic carbocycles. The zero-order valence-electron chi connectivity index (χ0n) is 15.9. The van der Waals surface area contributed by atoms with Gasteiger partial charge in [-0.05, 0) is 38.6 Å². The van der Waals surface area contributed by atoms with Crippen LogP contribution in [-0.4, -0.2) is 32.9 Å². The lowest BCUT2D eigenvalue weighted by molar-refractivity contribution is -0.385. The van der Waals surface area contributed by atoms with Gasteiger partial charge >= 0.3 is 5.69 Å². The van der Waals surface area contributed by atoms with E-state index in [9.17, 15) is 10.1 Å². The van der Waals surface area contributed by atoms with E-state index in [1.54, 1.807) is 29.5 Å². The Labute approximate surface area is 161 Å². The van der Waals surface area contributed by atoms with Gasteiger partial charge in [0.25, 0.3) is 0 Å². The number of para-hydroxylation sites is 2. The highest BCUT2D eigenvalue weighted by molar-refractivity contribution is 7.18. The number of nitro groups is 1. The first kappa shape index (κ1) is 19.2. The van der Waals surface area contributed by atoms with Crippen molar-refractivity contribution in [1.82, 2.24) is 14.9 Å². The molecule has 0 aliphatic rings. The third-order valence-electron chi connectivity index (χ3n) is 4.57. The summed E-state index contributed by atoms with van der Waals surface area (Å²) in [5, 5.41) is 12.1. The van der Waals surface area contributed by atoms with Crippen molar-refractivity contribution in [3.63, 3.8) is 0 Å². The molecule has 0 spiro atoms. The fourth-order valence-electron chi connectivity index (χ4n) is 2.85. The smallest absolute Gasteiger partial charge is 0.311 e. The van der Waals surface area contributed by atoms with Crippen molar-refractivity contribution in [2.24, 2.45) is 0 Å². The molecule has 2 heterocycles. The number of rotatable bonds is 7. The van der Waals surface area contributed by atoms with E-state index in [1.165, 1.54) is 6.07 Å². The number of aryl methyl sites for hydroxylation is 2. The molecule has 8 heteroatoms. The van der Waals surface area contributed by atoms with Gasteiger partial charge in [-0.3, -0.25) is 15.0 Å². The molecule has 3 aromatic rings. The van der Waals surface area contributed by atoms with Crippen LogP contribution < -0.4 is 4.74 Å². The average molecular weight is 386 g/mol. The lowest BCUT2D eigenvalue weighted by Crippen LogP contribution is -2.23. The predicted molar refractivity (Wildman–Crippen MR) is 107 cm³/mol. The maximum absolute atomic E-state index is 11.3. The van der Waals surface area contributed by atoms with E-state index in [4.69, 9.17) is 9.72 Å². The first-order valence-electron chi connectivity index (χ1n) is 8.84. The molecular formula is C19H22N4O3S. The number of benzene rings is 1. The molecule has 27 heavy (non-hydrogen) atoms. The van der Waals surface area contributed by atoms with Gasteiger partial charge in [-0.1, -0.05) is 26.0 Å². The first-order valence-corrected chi connectivity index (χ1v) is 9.66. The average Bonchev–Trinajstić information content (AvgIpc) is 2.94. The second-order valence-corrected chi connectivity index (χ2v) is 7.40. The Bertz CT molecular complexity index is 982. The maximum atomic E-state index is 11.3. The van der Waals surface area contributed by atoms with E-state index in [0.717, 1.165) is 33.7 Å². The standard InChI is InChI=1S/C19H22N4O3S/c1-5-22(6-2)11-16-20-18(17-12(3)13(4)27-19(17)21-16)26-15-10-8-7-9-14(15)23(24)25/h7-10H,5-6,11H2,1-4H3. The quantitative estimate of drug-likeness (QED) is 0.426. The molecule has 0 unspecified atom stereocenters. The summed E-state index contributed by atoms with van der Waals surface area (Å²) in [6.07, 6.45) is 0. The van der Waals surface area contributed by atoms with Crippen LogP contribution >= 0.6 is 11.3 Å². The lowest BCUT2D eigenvalue weighted by Gasteiger charge is -2.17. The highest BCUT2D eigenvalue weighted by atomic mass is 32.1. The Hall–Kier alpha value is -2.58. The number of hydrogen-bond acceptors (Lipinski definition) is 7. The van der Waals surface area contributed by atoms with Gasteiger partial charge in [-0.25, -0.2) is 4.98 Å². The van der Waals surface area contributed by atoms with Gasteiger partial charge < -0.3 is 4.74 Å². The Morgan fingerprint density at radius 1 is 1.19 bits per heavy atom. The van der Waals surface area contributed by atoms with Crippen molar-refractivity contribution < 1.29 is 9.66 Å². The van der Waals surface area contributed by atoms with Gasteiger partial charge in [0.15, 0.2) is 0 Å². The molecule has 0 bridgehead atoms. The zero-order chi connectivity index (χ0) is 19.6. The van der Waals surface area contributed by atoms with Crippen molar-refractivity contribution in [1.29, 1.82) is 0 Å². The van der Waals surface area contributed by atoms with Gasteiger partial charge in [-0.2, -0.15) is 4.98 Å². The van der Waals surface area contributed by atoms with Gasteiger partial charge in [0, 0.05) is 10.9 Å². The molecule has 2 aromatic heterocycles. The number of aromatic nitrogens is 2. The molecule has 3 rings (SSSR count). The summed E-state index contributed by atoms with van der Waals surface area (Å²) >= 11 is 1.59. The number of fused-ring (bicyclic) bond motifs is 1. The third-order valence-corrected chi connectivity index (χ3v) is 5.67. The van der Waals surface area contributed by atoms with Crippen LogP contribution in [0.1, 0.15) is 30.1 Å². The zero-order valence-corrected chi connectivity index (χ0v) is 16.7. The van der Waals surface area contributed by atoms with Gasteiger partial charge in [0.1, 0.15) is 10.7 Å². The van der Waals surface area contributed by atoms with Crippen molar-refractivity contribution in [2.45, 2.75) is 34.2 Å². The summed E-state index contributed by atoms with van der Waals surface area (Å²) in [7, 11) is 0. The van der Waals surface area contributed by atoms with Crippen molar-refractivity contribution >= 4 is 27.2 Å². The minimum Gasteiger partial charge on any atom is -0.431 e. The molecule has 0 atom stereocenters. The van der Waals surface area contributed by atoms with E-state index in [0.29, 0.717) is 18.2 Å². The summed E-state index contributed by atoms with van der Waals surface area (Å²) in [6, 6.07) is 6.34. The van der Waals surface area contributed by atoms with Crippen LogP contribution in [0.25, 0.3) is 10.2 Å². The third kappa shape index (κ3) is 3.91. The van der Waals surface area contributed by atoms with E-state index in [-0.39, 0.29) is 11.4 Å². The molecule has 0 amide bonds. The lowest BCUT2D eigenvalue weighted by atomic mass is 10.2. The Kier molecular flexibility index (Phi) is 5.67. The molecule has 0 aliphatic carbocycles. The summed E-state index contributed by atoms with van der Waals surface area (Å²) < 4.78 is 5.96. The van der Waals surface area contributed by atoms with E-state index < -0.39 is 4.92 Å². The van der Waals surface area contributed by atoms with Crippen molar-refractivity contribution in [2.75, 3.05) is 13.1 Å². The number of nitrogens with zero attached hydrogens (tertiary/aromatic N) is 4.